The second-order valence-corrected chi connectivity index (χ2v) is 8.97. The fourth-order valence-electron chi connectivity index (χ4n) is 3.41. The van der Waals surface area contributed by atoms with E-state index in [1.807, 2.05) is 32.0 Å². The van der Waals surface area contributed by atoms with Crippen molar-refractivity contribution in [3.63, 3.8) is 0 Å². The molecule has 202 valence electrons. The molecule has 0 bridgehead atoms. The SMILES string of the molecule is CC(C)C[C@H](N)C(=O)O.O=C(O)[C@H](Cc1ccc(OCc2ccccn2)cc1)NC(=O)N1CCOCC1. The molecule has 0 unspecified atom stereocenters. The van der Waals surface area contributed by atoms with Gasteiger partial charge in [0.05, 0.1) is 18.9 Å². The number of carboxylic acids is 2. The maximum atomic E-state index is 12.2. The Morgan fingerprint density at radius 3 is 2.27 bits per heavy atom. The number of carbonyl (C=O) groups is 3. The molecule has 0 saturated carbocycles. The molecule has 1 aliphatic rings. The number of rotatable bonds is 10. The molecule has 0 aliphatic carbocycles. The Bertz CT molecular complexity index is 980. The molecule has 1 saturated heterocycles. The summed E-state index contributed by atoms with van der Waals surface area (Å²) in [4.78, 5) is 39.7. The minimum atomic E-state index is -1.07. The zero-order valence-electron chi connectivity index (χ0n) is 21.2. The van der Waals surface area contributed by atoms with Gasteiger partial charge in [0, 0.05) is 25.7 Å². The molecule has 37 heavy (non-hydrogen) atoms. The third-order valence-electron chi connectivity index (χ3n) is 5.41. The molecule has 1 aliphatic heterocycles. The third-order valence-corrected chi connectivity index (χ3v) is 5.41. The van der Waals surface area contributed by atoms with Gasteiger partial charge in [-0.05, 0) is 42.2 Å². The van der Waals surface area contributed by atoms with Crippen LogP contribution in [0.4, 0.5) is 4.79 Å². The first kappa shape index (κ1) is 29.5. The topological polar surface area (TPSA) is 164 Å². The molecule has 11 heteroatoms. The minimum absolute atomic E-state index is 0.186. The first-order chi connectivity index (χ1) is 17.7. The number of urea groups is 1. The number of nitrogens with two attached hydrogens (primary N) is 1. The summed E-state index contributed by atoms with van der Waals surface area (Å²) in [5.41, 5.74) is 6.83. The van der Waals surface area contributed by atoms with Gasteiger partial charge >= 0.3 is 18.0 Å². The van der Waals surface area contributed by atoms with Crippen molar-refractivity contribution in [2.75, 3.05) is 26.3 Å². The highest BCUT2D eigenvalue weighted by atomic mass is 16.5. The number of aliphatic carboxylic acids is 2. The normalized spacial score (nSPS) is 14.6. The van der Waals surface area contributed by atoms with E-state index < -0.39 is 24.0 Å². The van der Waals surface area contributed by atoms with Gasteiger partial charge in [-0.2, -0.15) is 0 Å². The average molecular weight is 517 g/mol. The lowest BCUT2D eigenvalue weighted by Crippen LogP contribution is -2.51. The number of hydrogen-bond donors (Lipinski definition) is 4. The van der Waals surface area contributed by atoms with Crippen LogP contribution in [0.25, 0.3) is 0 Å². The van der Waals surface area contributed by atoms with Crippen LogP contribution in [0.5, 0.6) is 5.75 Å². The average Bonchev–Trinajstić information content (AvgIpc) is 2.89. The van der Waals surface area contributed by atoms with Crippen LogP contribution in [0.15, 0.2) is 48.7 Å². The molecule has 1 fully saturated rings. The maximum absolute atomic E-state index is 12.2. The Labute approximate surface area is 216 Å². The number of carbonyl (C=O) groups excluding carboxylic acids is 1. The minimum Gasteiger partial charge on any atom is -0.487 e. The monoisotopic (exact) mass is 516 g/mol. The van der Waals surface area contributed by atoms with Crippen molar-refractivity contribution in [1.29, 1.82) is 0 Å². The highest BCUT2D eigenvalue weighted by molar-refractivity contribution is 5.82. The van der Waals surface area contributed by atoms with Crippen LogP contribution >= 0.6 is 0 Å². The summed E-state index contributed by atoms with van der Waals surface area (Å²) in [5.74, 6) is -0.962. The van der Waals surface area contributed by atoms with Gasteiger partial charge in [-0.1, -0.05) is 32.0 Å². The van der Waals surface area contributed by atoms with Gasteiger partial charge in [0.1, 0.15) is 24.4 Å². The lowest BCUT2D eigenvalue weighted by molar-refractivity contribution is -0.140. The van der Waals surface area contributed by atoms with Crippen molar-refractivity contribution in [1.82, 2.24) is 15.2 Å². The maximum Gasteiger partial charge on any atom is 0.326 e. The highest BCUT2D eigenvalue weighted by Crippen LogP contribution is 2.15. The molecule has 0 spiro atoms. The number of aromatic nitrogens is 1. The van der Waals surface area contributed by atoms with E-state index in [2.05, 4.69) is 10.3 Å². The third kappa shape index (κ3) is 11.3. The van der Waals surface area contributed by atoms with Crippen LogP contribution in [0.2, 0.25) is 0 Å². The van der Waals surface area contributed by atoms with Crippen molar-refractivity contribution in [3.05, 3.63) is 59.9 Å². The molecule has 5 N–H and O–H groups in total. The first-order valence-corrected chi connectivity index (χ1v) is 12.1. The van der Waals surface area contributed by atoms with Crippen LogP contribution < -0.4 is 15.8 Å². The van der Waals surface area contributed by atoms with Crippen molar-refractivity contribution >= 4 is 18.0 Å². The molecule has 1 aromatic heterocycles. The second-order valence-electron chi connectivity index (χ2n) is 8.97. The van der Waals surface area contributed by atoms with Crippen molar-refractivity contribution in [3.8, 4) is 5.75 Å². The van der Waals surface area contributed by atoms with Gasteiger partial charge in [-0.25, -0.2) is 9.59 Å². The summed E-state index contributed by atoms with van der Waals surface area (Å²) in [6, 6.07) is 10.7. The molecule has 1 aromatic carbocycles. The number of hydrogen-bond acceptors (Lipinski definition) is 7. The molecular formula is C26H36N4O7. The zero-order chi connectivity index (χ0) is 27.2. The van der Waals surface area contributed by atoms with Gasteiger partial charge in [0.2, 0.25) is 0 Å². The Morgan fingerprint density at radius 1 is 1.08 bits per heavy atom. The highest BCUT2D eigenvalue weighted by Gasteiger charge is 2.24. The number of nitrogens with one attached hydrogen (secondary N) is 1. The number of morpholine rings is 1. The summed E-state index contributed by atoms with van der Waals surface area (Å²) < 4.78 is 10.9. The van der Waals surface area contributed by atoms with E-state index in [4.69, 9.17) is 20.3 Å². The van der Waals surface area contributed by atoms with Gasteiger partial charge in [-0.3, -0.25) is 9.78 Å². The Morgan fingerprint density at radius 2 is 1.76 bits per heavy atom. The van der Waals surface area contributed by atoms with E-state index in [0.717, 1.165) is 11.3 Å². The largest absolute Gasteiger partial charge is 0.487 e. The van der Waals surface area contributed by atoms with Crippen LogP contribution in [0.1, 0.15) is 31.5 Å². The van der Waals surface area contributed by atoms with Crippen LogP contribution in [0, 0.1) is 5.92 Å². The van der Waals surface area contributed by atoms with E-state index in [1.54, 1.807) is 35.4 Å². The van der Waals surface area contributed by atoms with Gasteiger partial charge in [0.15, 0.2) is 0 Å². The van der Waals surface area contributed by atoms with Crippen LogP contribution in [-0.4, -0.2) is 76.5 Å². The molecular weight excluding hydrogens is 480 g/mol. The van der Waals surface area contributed by atoms with E-state index >= 15 is 0 Å². The molecule has 2 atom stereocenters. The smallest absolute Gasteiger partial charge is 0.326 e. The fourth-order valence-corrected chi connectivity index (χ4v) is 3.41. The second kappa shape index (κ2) is 15.4. The molecule has 2 aromatic rings. The van der Waals surface area contributed by atoms with E-state index in [9.17, 15) is 19.5 Å². The van der Waals surface area contributed by atoms with Crippen molar-refractivity contribution in [2.45, 2.75) is 45.4 Å². The van der Waals surface area contributed by atoms with Crippen LogP contribution in [0.3, 0.4) is 0 Å². The molecule has 0 radical (unpaired) electrons. The number of pyridine rings is 1. The summed E-state index contributed by atoms with van der Waals surface area (Å²) in [6.45, 7) is 6.09. The predicted molar refractivity (Wildman–Crippen MR) is 136 cm³/mol. The lowest BCUT2D eigenvalue weighted by atomic mass is 10.1. The fraction of sp³-hybridized carbons (Fsp3) is 0.462. The van der Waals surface area contributed by atoms with E-state index in [0.29, 0.717) is 51.0 Å². The predicted octanol–water partition coefficient (Wildman–Crippen LogP) is 2.14. The zero-order valence-corrected chi connectivity index (χ0v) is 21.2. The summed E-state index contributed by atoms with van der Waals surface area (Å²) in [7, 11) is 0. The van der Waals surface area contributed by atoms with Gasteiger partial charge in [-0.15, -0.1) is 0 Å². The van der Waals surface area contributed by atoms with Crippen LogP contribution in [-0.2, 0) is 27.4 Å². The quantitative estimate of drug-likeness (QED) is 0.370. The number of amides is 2. The number of nitrogens with zero attached hydrogens (tertiary/aromatic N) is 2. The number of ether oxygens (including phenoxy) is 2. The van der Waals surface area contributed by atoms with E-state index in [1.165, 1.54) is 0 Å². The van der Waals surface area contributed by atoms with Gasteiger partial charge < -0.3 is 35.6 Å². The summed E-state index contributed by atoms with van der Waals surface area (Å²) in [6.07, 6.45) is 2.44. The van der Waals surface area contributed by atoms with E-state index in [-0.39, 0.29) is 12.5 Å². The molecule has 2 heterocycles. The van der Waals surface area contributed by atoms with Crippen molar-refractivity contribution in [2.24, 2.45) is 11.7 Å². The first-order valence-electron chi connectivity index (χ1n) is 12.1. The van der Waals surface area contributed by atoms with Crippen molar-refractivity contribution < 1.29 is 34.1 Å². The summed E-state index contributed by atoms with van der Waals surface area (Å²) in [5, 5.41) is 20.4. The number of benzene rings is 1. The number of carboxylic acid groups (broad SMARTS) is 2. The Balaban J connectivity index is 0.000000458. The molecule has 2 amide bonds. The standard InChI is InChI=1S/C20H23N3O5.C6H13NO2/c24-19(25)18(22-20(26)23-9-11-27-12-10-23)13-15-4-6-17(7-5-15)28-14-16-3-1-2-8-21-16;1-4(2)3-5(7)6(8)9/h1-8,18H,9-14H2,(H,22,26)(H,24,25);4-5H,3,7H2,1-2H3,(H,8,9)/t18-;5-/m00/s1. The lowest BCUT2D eigenvalue weighted by Gasteiger charge is -2.28. The Kier molecular flexibility index (Phi) is 12.3. The Hall–Kier alpha value is -3.70. The summed E-state index contributed by atoms with van der Waals surface area (Å²) >= 11 is 0. The van der Waals surface area contributed by atoms with Gasteiger partial charge in [0.25, 0.3) is 0 Å². The molecule has 11 nitrogen and oxygen atoms in total. The molecule has 3 rings (SSSR count).